The van der Waals surface area contributed by atoms with Crippen LogP contribution in [0, 0.1) is 6.92 Å². The fourth-order valence-corrected chi connectivity index (χ4v) is 3.94. The van der Waals surface area contributed by atoms with E-state index >= 15 is 0 Å². The van der Waals surface area contributed by atoms with Crippen molar-refractivity contribution in [1.82, 2.24) is 0 Å². The Kier molecular flexibility index (Phi) is 5.92. The van der Waals surface area contributed by atoms with E-state index in [0.29, 0.717) is 5.57 Å². The molecule has 28 heavy (non-hydrogen) atoms. The van der Waals surface area contributed by atoms with Crippen molar-refractivity contribution in [3.63, 3.8) is 0 Å². The molecule has 2 aliphatic heterocycles. The van der Waals surface area contributed by atoms with Gasteiger partial charge in [0.2, 0.25) is 0 Å². The van der Waals surface area contributed by atoms with Gasteiger partial charge in [0, 0.05) is 11.6 Å². The van der Waals surface area contributed by atoms with E-state index in [9.17, 15) is 13.2 Å². The van der Waals surface area contributed by atoms with Crippen LogP contribution in [0.3, 0.4) is 0 Å². The lowest BCUT2D eigenvalue weighted by Crippen LogP contribution is -2.28. The summed E-state index contributed by atoms with van der Waals surface area (Å²) in [5.74, 6) is -1.45. The van der Waals surface area contributed by atoms with Crippen LogP contribution in [0.15, 0.2) is 40.8 Å². The number of hydrogen-bond donors (Lipinski definition) is 0. The summed E-state index contributed by atoms with van der Waals surface area (Å²) in [6, 6.07) is 6.31. The number of fused-ring (bicyclic) bond motifs is 1. The van der Waals surface area contributed by atoms with E-state index in [0.717, 1.165) is 5.56 Å². The third kappa shape index (κ3) is 4.61. The summed E-state index contributed by atoms with van der Waals surface area (Å²) in [4.78, 5) is 12.0. The molecule has 2 fully saturated rings. The van der Waals surface area contributed by atoms with E-state index in [1.165, 1.54) is 18.2 Å². The highest BCUT2D eigenvalue weighted by atomic mass is 32.2. The van der Waals surface area contributed by atoms with Gasteiger partial charge in [-0.2, -0.15) is 8.42 Å². The summed E-state index contributed by atoms with van der Waals surface area (Å²) < 4.78 is 52.2. The van der Waals surface area contributed by atoms with Crippen molar-refractivity contribution in [2.45, 2.75) is 56.9 Å². The topological polar surface area (TPSA) is 97.4 Å². The minimum atomic E-state index is -3.98. The monoisotopic (exact) mass is 412 g/mol. The molecule has 1 aromatic carbocycles. The van der Waals surface area contributed by atoms with Gasteiger partial charge in [-0.15, -0.1) is 0 Å². The molecular formula is C19H24O8S. The maximum Gasteiger partial charge on any atom is 0.330 e. The Hall–Kier alpha value is -1.78. The Morgan fingerprint density at radius 1 is 1.21 bits per heavy atom. The van der Waals surface area contributed by atoms with Gasteiger partial charge >= 0.3 is 5.97 Å². The molecule has 0 bridgehead atoms. The highest BCUT2D eigenvalue weighted by Crippen LogP contribution is 2.40. The molecule has 2 aliphatic rings. The second-order valence-corrected chi connectivity index (χ2v) is 8.61. The Labute approximate surface area is 164 Å². The third-order valence-electron chi connectivity index (χ3n) is 4.31. The fourth-order valence-electron chi connectivity index (χ4n) is 3.03. The average Bonchev–Trinajstić information content (AvgIpc) is 3.06. The van der Waals surface area contributed by atoms with Crippen molar-refractivity contribution in [3.05, 3.63) is 41.5 Å². The molecule has 3 atom stereocenters. The minimum absolute atomic E-state index is 0.0425. The summed E-state index contributed by atoms with van der Waals surface area (Å²) in [5, 5.41) is 0. The molecule has 0 radical (unpaired) electrons. The largest absolute Gasteiger partial charge is 0.463 e. The van der Waals surface area contributed by atoms with Crippen molar-refractivity contribution in [3.8, 4) is 0 Å². The first-order valence-electron chi connectivity index (χ1n) is 8.97. The normalized spacial score (nSPS) is 27.7. The number of esters is 1. The zero-order valence-electron chi connectivity index (χ0n) is 16.2. The molecule has 154 valence electrons. The molecule has 2 heterocycles. The van der Waals surface area contributed by atoms with Gasteiger partial charge in [-0.3, -0.25) is 4.18 Å². The van der Waals surface area contributed by atoms with Gasteiger partial charge in [0.1, 0.15) is 12.2 Å². The van der Waals surface area contributed by atoms with Crippen molar-refractivity contribution in [2.24, 2.45) is 0 Å². The SMILES string of the molecule is CCOC(=O)/C=C1/[C@H]2OC(C)(C)O[C@H]2O[C@@H]1COS(=O)(=O)c1ccc(C)cc1. The van der Waals surface area contributed by atoms with E-state index in [-0.39, 0.29) is 18.1 Å². The molecule has 0 amide bonds. The molecule has 0 unspecified atom stereocenters. The van der Waals surface area contributed by atoms with Crippen LogP contribution in [0.1, 0.15) is 26.3 Å². The predicted octanol–water partition coefficient (Wildman–Crippen LogP) is 2.07. The van der Waals surface area contributed by atoms with Crippen molar-refractivity contribution in [2.75, 3.05) is 13.2 Å². The molecule has 0 aromatic heterocycles. The van der Waals surface area contributed by atoms with Gasteiger partial charge in [-0.05, 0) is 39.8 Å². The molecular weight excluding hydrogens is 388 g/mol. The predicted molar refractivity (Wildman–Crippen MR) is 97.7 cm³/mol. The second-order valence-electron chi connectivity index (χ2n) is 7.00. The number of aryl methyl sites for hydroxylation is 1. The summed E-state index contributed by atoms with van der Waals surface area (Å²) in [6.45, 7) is 6.90. The Balaban J connectivity index is 1.76. The van der Waals surface area contributed by atoms with E-state index in [2.05, 4.69) is 0 Å². The first-order chi connectivity index (χ1) is 13.1. The molecule has 0 spiro atoms. The number of ether oxygens (including phenoxy) is 4. The number of carbonyl (C=O) groups is 1. The van der Waals surface area contributed by atoms with Gasteiger partial charge in [0.05, 0.1) is 18.1 Å². The molecule has 0 aliphatic carbocycles. The molecule has 9 heteroatoms. The van der Waals surface area contributed by atoms with Gasteiger partial charge in [-0.25, -0.2) is 4.79 Å². The summed E-state index contributed by atoms with van der Waals surface area (Å²) in [5.41, 5.74) is 1.36. The smallest absolute Gasteiger partial charge is 0.330 e. The first kappa shape index (κ1) is 20.9. The first-order valence-corrected chi connectivity index (χ1v) is 10.4. The van der Waals surface area contributed by atoms with E-state index < -0.39 is 40.4 Å². The molecule has 0 N–H and O–H groups in total. The Morgan fingerprint density at radius 3 is 2.54 bits per heavy atom. The van der Waals surface area contributed by atoms with Crippen LogP contribution in [-0.2, 0) is 38.0 Å². The highest BCUT2D eigenvalue weighted by Gasteiger charge is 2.52. The van der Waals surface area contributed by atoms with Crippen LogP contribution in [0.25, 0.3) is 0 Å². The van der Waals surface area contributed by atoms with Gasteiger partial charge in [0.25, 0.3) is 10.1 Å². The number of benzene rings is 1. The summed E-state index contributed by atoms with van der Waals surface area (Å²) in [7, 11) is -3.98. The fraction of sp³-hybridized carbons (Fsp3) is 0.526. The Morgan fingerprint density at radius 2 is 1.89 bits per heavy atom. The average molecular weight is 412 g/mol. The van der Waals surface area contributed by atoms with Crippen LogP contribution >= 0.6 is 0 Å². The van der Waals surface area contributed by atoms with Crippen molar-refractivity contribution < 1.29 is 36.3 Å². The Bertz CT molecular complexity index is 856. The summed E-state index contributed by atoms with van der Waals surface area (Å²) >= 11 is 0. The highest BCUT2D eigenvalue weighted by molar-refractivity contribution is 7.86. The second kappa shape index (κ2) is 7.92. The lowest BCUT2D eigenvalue weighted by Gasteiger charge is -2.21. The van der Waals surface area contributed by atoms with Crippen LogP contribution < -0.4 is 0 Å². The lowest BCUT2D eigenvalue weighted by atomic mass is 10.1. The molecule has 2 saturated heterocycles. The van der Waals surface area contributed by atoms with Crippen LogP contribution in [0.5, 0.6) is 0 Å². The molecule has 0 saturated carbocycles. The van der Waals surface area contributed by atoms with E-state index in [1.54, 1.807) is 32.9 Å². The zero-order chi connectivity index (χ0) is 20.5. The minimum Gasteiger partial charge on any atom is -0.463 e. The van der Waals surface area contributed by atoms with Crippen molar-refractivity contribution in [1.29, 1.82) is 0 Å². The molecule has 1 aromatic rings. The van der Waals surface area contributed by atoms with Crippen molar-refractivity contribution >= 4 is 16.1 Å². The molecule has 8 nitrogen and oxygen atoms in total. The van der Waals surface area contributed by atoms with Gasteiger partial charge < -0.3 is 18.9 Å². The lowest BCUT2D eigenvalue weighted by molar-refractivity contribution is -0.202. The van der Waals surface area contributed by atoms with E-state index in [4.69, 9.17) is 23.1 Å². The number of hydrogen-bond acceptors (Lipinski definition) is 8. The molecule has 3 rings (SSSR count). The van der Waals surface area contributed by atoms with Crippen LogP contribution in [-0.4, -0.2) is 51.9 Å². The zero-order valence-corrected chi connectivity index (χ0v) is 17.0. The van der Waals surface area contributed by atoms with E-state index in [1.807, 2.05) is 6.92 Å². The number of rotatable bonds is 6. The van der Waals surface area contributed by atoms with Gasteiger partial charge in [0.15, 0.2) is 12.1 Å². The number of carbonyl (C=O) groups excluding carboxylic acids is 1. The third-order valence-corrected chi connectivity index (χ3v) is 5.61. The maximum absolute atomic E-state index is 12.4. The standard InChI is InChI=1S/C19H24O8S/c1-5-23-16(20)10-14-15(25-18-17(14)26-19(3,4)27-18)11-24-28(21,22)13-8-6-12(2)7-9-13/h6-10,15,17-18H,5,11H2,1-4H3/b14-10+/t15-,17-,18-/m1/s1. The van der Waals surface area contributed by atoms with Gasteiger partial charge in [-0.1, -0.05) is 17.7 Å². The quantitative estimate of drug-likeness (QED) is 0.398. The summed E-state index contributed by atoms with van der Waals surface area (Å²) in [6.07, 6.45) is -0.969. The van der Waals surface area contributed by atoms with Crippen LogP contribution in [0.4, 0.5) is 0 Å². The maximum atomic E-state index is 12.4. The van der Waals surface area contributed by atoms with Crippen LogP contribution in [0.2, 0.25) is 0 Å².